The molecule has 3 heteroatoms. The molecule has 1 heterocycles. The minimum Gasteiger partial charge on any atom is -0.381 e. The van der Waals surface area contributed by atoms with Crippen LogP contribution >= 0.6 is 0 Å². The van der Waals surface area contributed by atoms with Crippen molar-refractivity contribution in [3.63, 3.8) is 0 Å². The van der Waals surface area contributed by atoms with Gasteiger partial charge in [0.1, 0.15) is 0 Å². The summed E-state index contributed by atoms with van der Waals surface area (Å²) >= 11 is 0. The van der Waals surface area contributed by atoms with Crippen LogP contribution in [0, 0.1) is 5.92 Å². The Balaban J connectivity index is 1.43. The van der Waals surface area contributed by atoms with Crippen molar-refractivity contribution in [2.24, 2.45) is 5.92 Å². The molecule has 0 aromatic heterocycles. The molecule has 0 amide bonds. The van der Waals surface area contributed by atoms with Crippen LogP contribution < -0.4 is 5.32 Å². The molecule has 1 aliphatic heterocycles. The van der Waals surface area contributed by atoms with Crippen molar-refractivity contribution >= 4 is 0 Å². The summed E-state index contributed by atoms with van der Waals surface area (Å²) in [6.07, 6.45) is 6.56. The fourth-order valence-corrected chi connectivity index (χ4v) is 2.48. The number of nitrogens with one attached hydrogen (secondary N) is 1. The SMILES string of the molecule is CCCNC1CCN(CCCOCC2CC2)C1. The van der Waals surface area contributed by atoms with Crippen LogP contribution in [0.1, 0.15) is 39.0 Å². The molecule has 1 unspecified atom stereocenters. The van der Waals surface area contributed by atoms with Gasteiger partial charge in [-0.1, -0.05) is 6.92 Å². The normalized spacial score (nSPS) is 25.6. The number of ether oxygens (including phenoxy) is 1. The van der Waals surface area contributed by atoms with Gasteiger partial charge in [-0.05, 0) is 51.1 Å². The molecule has 1 saturated carbocycles. The summed E-state index contributed by atoms with van der Waals surface area (Å²) in [5.41, 5.74) is 0. The largest absolute Gasteiger partial charge is 0.381 e. The number of nitrogens with zero attached hydrogens (tertiary/aromatic N) is 1. The molecule has 3 nitrogen and oxygen atoms in total. The highest BCUT2D eigenvalue weighted by molar-refractivity contribution is 4.80. The summed E-state index contributed by atoms with van der Waals surface area (Å²) in [6.45, 7) is 9.10. The topological polar surface area (TPSA) is 24.5 Å². The average molecular weight is 240 g/mol. The zero-order valence-electron chi connectivity index (χ0n) is 11.3. The van der Waals surface area contributed by atoms with Crippen LogP contribution in [0.3, 0.4) is 0 Å². The van der Waals surface area contributed by atoms with E-state index in [9.17, 15) is 0 Å². The number of hydrogen-bond acceptors (Lipinski definition) is 3. The lowest BCUT2D eigenvalue weighted by Gasteiger charge is -2.16. The third-order valence-corrected chi connectivity index (χ3v) is 3.77. The average Bonchev–Trinajstić information content (AvgIpc) is 3.05. The summed E-state index contributed by atoms with van der Waals surface area (Å²) < 4.78 is 5.67. The van der Waals surface area contributed by atoms with E-state index in [2.05, 4.69) is 17.1 Å². The quantitative estimate of drug-likeness (QED) is 0.623. The van der Waals surface area contributed by atoms with Crippen molar-refractivity contribution in [3.8, 4) is 0 Å². The highest BCUT2D eigenvalue weighted by Crippen LogP contribution is 2.28. The van der Waals surface area contributed by atoms with Crippen LogP contribution in [0.25, 0.3) is 0 Å². The molecule has 0 aromatic rings. The van der Waals surface area contributed by atoms with E-state index < -0.39 is 0 Å². The van der Waals surface area contributed by atoms with Gasteiger partial charge < -0.3 is 15.0 Å². The van der Waals surface area contributed by atoms with Crippen LogP contribution in [-0.4, -0.2) is 50.3 Å². The molecule has 1 saturated heterocycles. The molecular weight excluding hydrogens is 212 g/mol. The molecule has 0 bridgehead atoms. The summed E-state index contributed by atoms with van der Waals surface area (Å²) in [7, 11) is 0. The second-order valence-electron chi connectivity index (χ2n) is 5.61. The number of hydrogen-bond donors (Lipinski definition) is 1. The Kier molecular flexibility index (Phi) is 5.75. The van der Waals surface area contributed by atoms with Crippen molar-refractivity contribution in [1.29, 1.82) is 0 Å². The van der Waals surface area contributed by atoms with E-state index in [-0.39, 0.29) is 0 Å². The Bertz CT molecular complexity index is 206. The van der Waals surface area contributed by atoms with Crippen molar-refractivity contribution in [1.82, 2.24) is 10.2 Å². The van der Waals surface area contributed by atoms with E-state index >= 15 is 0 Å². The summed E-state index contributed by atoms with van der Waals surface area (Å²) in [5.74, 6) is 0.907. The van der Waals surface area contributed by atoms with Crippen molar-refractivity contribution in [2.75, 3.05) is 39.4 Å². The molecule has 2 aliphatic rings. The minimum atomic E-state index is 0.738. The van der Waals surface area contributed by atoms with Gasteiger partial charge in [-0.15, -0.1) is 0 Å². The first-order valence-electron chi connectivity index (χ1n) is 7.42. The van der Waals surface area contributed by atoms with Gasteiger partial charge in [0.05, 0.1) is 0 Å². The maximum absolute atomic E-state index is 5.67. The van der Waals surface area contributed by atoms with Gasteiger partial charge >= 0.3 is 0 Å². The molecule has 17 heavy (non-hydrogen) atoms. The van der Waals surface area contributed by atoms with Gasteiger partial charge in [0.2, 0.25) is 0 Å². The van der Waals surface area contributed by atoms with Crippen molar-refractivity contribution in [3.05, 3.63) is 0 Å². The smallest absolute Gasteiger partial charge is 0.0494 e. The van der Waals surface area contributed by atoms with Crippen LogP contribution in [0.5, 0.6) is 0 Å². The Labute approximate surface area is 106 Å². The van der Waals surface area contributed by atoms with Crippen molar-refractivity contribution in [2.45, 2.75) is 45.1 Å². The molecule has 1 aliphatic carbocycles. The van der Waals surface area contributed by atoms with Gasteiger partial charge in [0.25, 0.3) is 0 Å². The number of rotatable bonds is 9. The van der Waals surface area contributed by atoms with Gasteiger partial charge in [0, 0.05) is 32.3 Å². The maximum Gasteiger partial charge on any atom is 0.0494 e. The van der Waals surface area contributed by atoms with Gasteiger partial charge in [-0.2, -0.15) is 0 Å². The van der Waals surface area contributed by atoms with E-state index in [0.717, 1.165) is 25.2 Å². The van der Waals surface area contributed by atoms with E-state index in [0.29, 0.717) is 0 Å². The molecule has 0 radical (unpaired) electrons. The Morgan fingerprint density at radius 3 is 2.94 bits per heavy atom. The number of likely N-dealkylation sites (tertiary alicyclic amines) is 1. The van der Waals surface area contributed by atoms with Crippen LogP contribution in [-0.2, 0) is 4.74 Å². The van der Waals surface area contributed by atoms with Crippen LogP contribution in [0.15, 0.2) is 0 Å². The minimum absolute atomic E-state index is 0.738. The van der Waals surface area contributed by atoms with Gasteiger partial charge in [-0.3, -0.25) is 0 Å². The Hall–Kier alpha value is -0.120. The summed E-state index contributed by atoms with van der Waals surface area (Å²) in [4.78, 5) is 2.58. The summed E-state index contributed by atoms with van der Waals surface area (Å²) in [6, 6.07) is 0.738. The second-order valence-corrected chi connectivity index (χ2v) is 5.61. The molecule has 1 atom stereocenters. The zero-order chi connectivity index (χ0) is 11.9. The molecule has 2 fully saturated rings. The van der Waals surface area contributed by atoms with Gasteiger partial charge in [0.15, 0.2) is 0 Å². The highest BCUT2D eigenvalue weighted by Gasteiger charge is 2.22. The van der Waals surface area contributed by atoms with E-state index in [1.165, 1.54) is 58.3 Å². The predicted molar refractivity (Wildman–Crippen MR) is 71.3 cm³/mol. The van der Waals surface area contributed by atoms with E-state index in [4.69, 9.17) is 4.74 Å². The van der Waals surface area contributed by atoms with Gasteiger partial charge in [-0.25, -0.2) is 0 Å². The summed E-state index contributed by atoms with van der Waals surface area (Å²) in [5, 5.41) is 3.61. The lowest BCUT2D eigenvalue weighted by atomic mass is 10.2. The molecule has 2 rings (SSSR count). The molecule has 1 N–H and O–H groups in total. The molecular formula is C14H28N2O. The first kappa shape index (κ1) is 13.3. The first-order chi connectivity index (χ1) is 8.38. The van der Waals surface area contributed by atoms with E-state index in [1.807, 2.05) is 0 Å². The maximum atomic E-state index is 5.67. The fourth-order valence-electron chi connectivity index (χ4n) is 2.48. The van der Waals surface area contributed by atoms with E-state index in [1.54, 1.807) is 0 Å². The lowest BCUT2D eigenvalue weighted by molar-refractivity contribution is 0.114. The second kappa shape index (κ2) is 7.34. The zero-order valence-corrected chi connectivity index (χ0v) is 11.3. The van der Waals surface area contributed by atoms with Crippen LogP contribution in [0.2, 0.25) is 0 Å². The predicted octanol–water partition coefficient (Wildman–Crippen LogP) is 1.88. The van der Waals surface area contributed by atoms with Crippen molar-refractivity contribution < 1.29 is 4.74 Å². The Morgan fingerprint density at radius 2 is 2.18 bits per heavy atom. The molecule has 100 valence electrons. The highest BCUT2D eigenvalue weighted by atomic mass is 16.5. The first-order valence-corrected chi connectivity index (χ1v) is 7.42. The lowest BCUT2D eigenvalue weighted by Crippen LogP contribution is -2.33. The van der Waals surface area contributed by atoms with Crippen LogP contribution in [0.4, 0.5) is 0 Å². The monoisotopic (exact) mass is 240 g/mol. The standard InChI is InChI=1S/C14H28N2O/c1-2-7-15-14-6-9-16(11-14)8-3-10-17-12-13-4-5-13/h13-15H,2-12H2,1H3. The third kappa shape index (κ3) is 5.36. The molecule has 0 spiro atoms. The Morgan fingerprint density at radius 1 is 1.29 bits per heavy atom. The molecule has 0 aromatic carbocycles. The fraction of sp³-hybridized carbons (Fsp3) is 1.00. The third-order valence-electron chi connectivity index (χ3n) is 3.77.